The summed E-state index contributed by atoms with van der Waals surface area (Å²) in [5.41, 5.74) is 0.849. The van der Waals surface area contributed by atoms with Crippen LogP contribution in [-0.2, 0) is 0 Å². The van der Waals surface area contributed by atoms with Crippen molar-refractivity contribution in [3.05, 3.63) is 34.8 Å². The van der Waals surface area contributed by atoms with E-state index in [0.717, 1.165) is 0 Å². The van der Waals surface area contributed by atoms with Crippen LogP contribution in [0.15, 0.2) is 39.3 Å². The fraction of sp³-hybridized carbons (Fsp3) is 0. The van der Waals surface area contributed by atoms with Gasteiger partial charge in [0.2, 0.25) is 5.82 Å². The highest BCUT2D eigenvalue weighted by atomic mass is 79.9. The average molecular weight is 365 g/mol. The van der Waals surface area contributed by atoms with Crippen LogP contribution in [0.5, 0.6) is 23.0 Å². The van der Waals surface area contributed by atoms with Crippen molar-refractivity contribution >= 4 is 15.9 Å². The molecule has 4 N–H and O–H groups in total. The van der Waals surface area contributed by atoms with E-state index in [9.17, 15) is 20.4 Å². The van der Waals surface area contributed by atoms with Crippen LogP contribution in [0.1, 0.15) is 0 Å². The summed E-state index contributed by atoms with van der Waals surface area (Å²) < 4.78 is 5.34. The standard InChI is InChI=1S/C14H9BrN2O5/c15-11-7(2-4-9(19)12(11)21)13-16-14(22-17-13)6-1-3-8(18)10(20)5-6/h1-5,18-21H. The van der Waals surface area contributed by atoms with Crippen LogP contribution in [0.25, 0.3) is 22.8 Å². The van der Waals surface area contributed by atoms with E-state index in [4.69, 9.17) is 4.52 Å². The molecule has 1 aromatic heterocycles. The summed E-state index contributed by atoms with van der Waals surface area (Å²) in [6.45, 7) is 0. The first-order valence-electron chi connectivity index (χ1n) is 6.04. The second kappa shape index (κ2) is 5.23. The first-order chi connectivity index (χ1) is 10.5. The molecule has 3 rings (SSSR count). The first kappa shape index (κ1) is 14.2. The largest absolute Gasteiger partial charge is 0.504 e. The molecule has 0 atom stereocenters. The molecule has 1 heterocycles. The molecule has 0 unspecified atom stereocenters. The summed E-state index contributed by atoms with van der Waals surface area (Å²) in [5, 5.41) is 41.7. The second-order valence-corrected chi connectivity index (χ2v) is 5.21. The Morgan fingerprint density at radius 3 is 2.36 bits per heavy atom. The average Bonchev–Trinajstić information content (AvgIpc) is 2.97. The smallest absolute Gasteiger partial charge is 0.258 e. The third-order valence-corrected chi connectivity index (χ3v) is 3.79. The number of hydrogen-bond acceptors (Lipinski definition) is 7. The van der Waals surface area contributed by atoms with Gasteiger partial charge in [-0.05, 0) is 46.3 Å². The van der Waals surface area contributed by atoms with Crippen LogP contribution >= 0.6 is 15.9 Å². The summed E-state index contributed by atoms with van der Waals surface area (Å²) in [7, 11) is 0. The lowest BCUT2D eigenvalue weighted by Crippen LogP contribution is -1.84. The van der Waals surface area contributed by atoms with Crippen LogP contribution < -0.4 is 0 Å². The van der Waals surface area contributed by atoms with E-state index in [1.807, 2.05) is 0 Å². The highest BCUT2D eigenvalue weighted by Crippen LogP contribution is 2.40. The first-order valence-corrected chi connectivity index (χ1v) is 6.83. The number of phenolic OH excluding ortho intramolecular Hbond substituents is 4. The van der Waals surface area contributed by atoms with Gasteiger partial charge in [0.05, 0.1) is 4.47 Å². The third-order valence-electron chi connectivity index (χ3n) is 2.98. The molecule has 0 fully saturated rings. The van der Waals surface area contributed by atoms with Gasteiger partial charge in [0.15, 0.2) is 23.0 Å². The molecule has 2 aromatic carbocycles. The maximum atomic E-state index is 9.70. The van der Waals surface area contributed by atoms with E-state index in [0.29, 0.717) is 11.1 Å². The molecular formula is C14H9BrN2O5. The van der Waals surface area contributed by atoms with Crippen molar-refractivity contribution in [1.29, 1.82) is 0 Å². The van der Waals surface area contributed by atoms with Crippen molar-refractivity contribution in [2.75, 3.05) is 0 Å². The van der Waals surface area contributed by atoms with Crippen molar-refractivity contribution in [2.24, 2.45) is 0 Å². The maximum absolute atomic E-state index is 9.70. The molecule has 0 bridgehead atoms. The van der Waals surface area contributed by atoms with E-state index >= 15 is 0 Å². The number of aromatic hydroxyl groups is 4. The highest BCUT2D eigenvalue weighted by Gasteiger charge is 2.17. The molecule has 0 aliphatic rings. The van der Waals surface area contributed by atoms with Gasteiger partial charge in [-0.3, -0.25) is 0 Å². The highest BCUT2D eigenvalue weighted by molar-refractivity contribution is 9.10. The summed E-state index contributed by atoms with van der Waals surface area (Å²) in [6, 6.07) is 6.92. The zero-order valence-electron chi connectivity index (χ0n) is 10.9. The Hall–Kier alpha value is -2.74. The van der Waals surface area contributed by atoms with Crippen molar-refractivity contribution in [1.82, 2.24) is 10.1 Å². The van der Waals surface area contributed by atoms with Gasteiger partial charge in [-0.15, -0.1) is 0 Å². The molecule has 7 nitrogen and oxygen atoms in total. The van der Waals surface area contributed by atoms with Crippen LogP contribution in [0.3, 0.4) is 0 Å². The Kier molecular flexibility index (Phi) is 3.38. The van der Waals surface area contributed by atoms with Gasteiger partial charge in [-0.2, -0.15) is 4.98 Å². The number of rotatable bonds is 2. The van der Waals surface area contributed by atoms with Gasteiger partial charge in [-0.1, -0.05) is 5.16 Å². The Balaban J connectivity index is 2.04. The Morgan fingerprint density at radius 2 is 1.64 bits per heavy atom. The van der Waals surface area contributed by atoms with Crippen LogP contribution in [0, 0.1) is 0 Å². The Bertz CT molecular complexity index is 862. The molecule has 112 valence electrons. The molecule has 0 radical (unpaired) electrons. The van der Waals surface area contributed by atoms with Gasteiger partial charge >= 0.3 is 0 Å². The molecule has 0 aliphatic heterocycles. The zero-order chi connectivity index (χ0) is 15.9. The van der Waals surface area contributed by atoms with Gasteiger partial charge in [0.25, 0.3) is 5.89 Å². The van der Waals surface area contributed by atoms with Gasteiger partial charge < -0.3 is 24.9 Å². The monoisotopic (exact) mass is 364 g/mol. The molecule has 0 saturated carbocycles. The third kappa shape index (κ3) is 2.33. The minimum absolute atomic E-state index is 0.129. The summed E-state index contributed by atoms with van der Waals surface area (Å²) in [5.74, 6) is -0.848. The second-order valence-electron chi connectivity index (χ2n) is 4.42. The fourth-order valence-electron chi connectivity index (χ4n) is 1.83. The maximum Gasteiger partial charge on any atom is 0.258 e. The Labute approximate surface area is 132 Å². The summed E-state index contributed by atoms with van der Waals surface area (Å²) in [4.78, 5) is 4.16. The van der Waals surface area contributed by atoms with Gasteiger partial charge in [0, 0.05) is 11.1 Å². The van der Waals surface area contributed by atoms with Crippen molar-refractivity contribution < 1.29 is 24.9 Å². The van der Waals surface area contributed by atoms with E-state index in [-0.39, 0.29) is 39.2 Å². The molecular weight excluding hydrogens is 356 g/mol. The van der Waals surface area contributed by atoms with Crippen molar-refractivity contribution in [3.63, 3.8) is 0 Å². The molecule has 22 heavy (non-hydrogen) atoms. The quantitative estimate of drug-likeness (QED) is 0.515. The van der Waals surface area contributed by atoms with Crippen LogP contribution in [-0.4, -0.2) is 30.6 Å². The molecule has 0 aliphatic carbocycles. The SMILES string of the molecule is Oc1ccc(-c2nc(-c3ccc(O)c(O)c3Br)no2)cc1O. The lowest BCUT2D eigenvalue weighted by Gasteiger charge is -2.03. The fourth-order valence-corrected chi connectivity index (χ4v) is 2.35. The Morgan fingerprint density at radius 1 is 0.909 bits per heavy atom. The van der Waals surface area contributed by atoms with Gasteiger partial charge in [0.1, 0.15) is 0 Å². The molecule has 3 aromatic rings. The van der Waals surface area contributed by atoms with Crippen LogP contribution in [0.2, 0.25) is 0 Å². The minimum Gasteiger partial charge on any atom is -0.504 e. The van der Waals surface area contributed by atoms with E-state index in [2.05, 4.69) is 26.1 Å². The predicted molar refractivity (Wildman–Crippen MR) is 79.5 cm³/mol. The number of benzene rings is 2. The van der Waals surface area contributed by atoms with Crippen molar-refractivity contribution in [3.8, 4) is 45.8 Å². The zero-order valence-corrected chi connectivity index (χ0v) is 12.4. The predicted octanol–water partition coefficient (Wildman–Crippen LogP) is 2.99. The van der Waals surface area contributed by atoms with Gasteiger partial charge in [-0.25, -0.2) is 0 Å². The molecule has 0 spiro atoms. The number of phenols is 4. The van der Waals surface area contributed by atoms with E-state index in [1.54, 1.807) is 0 Å². The topological polar surface area (TPSA) is 120 Å². The molecule has 0 saturated heterocycles. The number of aromatic nitrogens is 2. The number of hydrogen-bond donors (Lipinski definition) is 4. The lowest BCUT2D eigenvalue weighted by molar-refractivity contribution is 0.401. The van der Waals surface area contributed by atoms with E-state index in [1.165, 1.54) is 30.3 Å². The number of nitrogens with zero attached hydrogens (tertiary/aromatic N) is 2. The summed E-state index contributed by atoms with van der Waals surface area (Å²) in [6.07, 6.45) is 0. The van der Waals surface area contributed by atoms with E-state index < -0.39 is 0 Å². The summed E-state index contributed by atoms with van der Waals surface area (Å²) >= 11 is 3.15. The lowest BCUT2D eigenvalue weighted by atomic mass is 10.2. The molecule has 8 heteroatoms. The number of halogens is 1. The van der Waals surface area contributed by atoms with Crippen molar-refractivity contribution in [2.45, 2.75) is 0 Å². The minimum atomic E-state index is -0.328. The molecule has 0 amide bonds. The normalized spacial score (nSPS) is 10.8. The van der Waals surface area contributed by atoms with Crippen LogP contribution in [0.4, 0.5) is 0 Å².